The second-order valence-corrected chi connectivity index (χ2v) is 4.15. The van der Waals surface area contributed by atoms with Crippen molar-refractivity contribution in [3.05, 3.63) is 40.8 Å². The predicted octanol–water partition coefficient (Wildman–Crippen LogP) is 2.19. The van der Waals surface area contributed by atoms with Gasteiger partial charge in [-0.1, -0.05) is 0 Å². The van der Waals surface area contributed by atoms with E-state index in [0.717, 1.165) is 22.4 Å². The van der Waals surface area contributed by atoms with Crippen molar-refractivity contribution in [2.24, 2.45) is 7.05 Å². The summed E-state index contributed by atoms with van der Waals surface area (Å²) in [5.41, 5.74) is 1.14. The van der Waals surface area contributed by atoms with Gasteiger partial charge in [0.2, 0.25) is 0 Å². The lowest BCUT2D eigenvalue weighted by Gasteiger charge is -2.02. The molecule has 0 aliphatic heterocycles. The van der Waals surface area contributed by atoms with Gasteiger partial charge < -0.3 is 5.32 Å². The number of nitrogens with one attached hydrogen (secondary N) is 1. The Hall–Kier alpha value is -1.36. The van der Waals surface area contributed by atoms with Gasteiger partial charge in [-0.3, -0.25) is 4.68 Å². The third-order valence-electron chi connectivity index (χ3n) is 1.96. The summed E-state index contributed by atoms with van der Waals surface area (Å²) in [5, 5.41) is 7.31. The Kier molecular flexibility index (Phi) is 3.01. The van der Waals surface area contributed by atoms with E-state index >= 15 is 0 Å². The maximum atomic E-state index is 4.21. The number of hydrogen-bond donors (Lipinski definition) is 1. The summed E-state index contributed by atoms with van der Waals surface area (Å²) in [5.74, 6) is 0.863. The van der Waals surface area contributed by atoms with E-state index in [1.54, 1.807) is 10.9 Å². The number of hydrogen-bond acceptors (Lipinski definition) is 3. The van der Waals surface area contributed by atoms with Gasteiger partial charge in [-0.25, -0.2) is 4.98 Å². The van der Waals surface area contributed by atoms with Crippen LogP contribution >= 0.6 is 15.9 Å². The van der Waals surface area contributed by atoms with Crippen molar-refractivity contribution in [3.63, 3.8) is 0 Å². The standard InChI is InChI=1S/C10H11BrN4/c1-15-7-8(5-14-15)4-12-10-3-2-9(11)6-13-10/h2-3,5-7H,4H2,1H3,(H,12,13). The quantitative estimate of drug-likeness (QED) is 0.926. The zero-order chi connectivity index (χ0) is 10.7. The first-order valence-electron chi connectivity index (χ1n) is 4.57. The number of nitrogens with zero attached hydrogens (tertiary/aromatic N) is 3. The predicted molar refractivity (Wildman–Crippen MR) is 62.5 cm³/mol. The Bertz CT molecular complexity index is 435. The summed E-state index contributed by atoms with van der Waals surface area (Å²) in [7, 11) is 1.90. The van der Waals surface area contributed by atoms with Crippen LogP contribution < -0.4 is 5.32 Å². The number of halogens is 1. The average molecular weight is 267 g/mol. The number of aryl methyl sites for hydroxylation is 1. The Morgan fingerprint density at radius 2 is 2.27 bits per heavy atom. The normalized spacial score (nSPS) is 10.3. The molecule has 15 heavy (non-hydrogen) atoms. The highest BCUT2D eigenvalue weighted by Gasteiger charge is 1.97. The summed E-state index contributed by atoms with van der Waals surface area (Å²) in [6.45, 7) is 0.739. The second-order valence-electron chi connectivity index (χ2n) is 3.24. The molecule has 0 bridgehead atoms. The molecular weight excluding hydrogens is 256 g/mol. The highest BCUT2D eigenvalue weighted by atomic mass is 79.9. The van der Waals surface area contributed by atoms with Gasteiger partial charge in [0.25, 0.3) is 0 Å². The number of pyridine rings is 1. The lowest BCUT2D eigenvalue weighted by Crippen LogP contribution is -1.99. The van der Waals surface area contributed by atoms with Crippen molar-refractivity contribution in [2.75, 3.05) is 5.32 Å². The molecule has 0 spiro atoms. The highest BCUT2D eigenvalue weighted by Crippen LogP contribution is 2.11. The molecule has 0 atom stereocenters. The maximum Gasteiger partial charge on any atom is 0.126 e. The van der Waals surface area contributed by atoms with Crippen LogP contribution in [0.5, 0.6) is 0 Å². The van der Waals surface area contributed by atoms with E-state index in [9.17, 15) is 0 Å². The first-order chi connectivity index (χ1) is 7.24. The zero-order valence-corrected chi connectivity index (χ0v) is 9.90. The van der Waals surface area contributed by atoms with E-state index in [2.05, 4.69) is 31.3 Å². The fourth-order valence-electron chi connectivity index (χ4n) is 1.24. The summed E-state index contributed by atoms with van der Waals surface area (Å²) < 4.78 is 2.76. The number of rotatable bonds is 3. The van der Waals surface area contributed by atoms with Gasteiger partial charge in [0.15, 0.2) is 0 Å². The molecule has 2 heterocycles. The highest BCUT2D eigenvalue weighted by molar-refractivity contribution is 9.10. The van der Waals surface area contributed by atoms with Crippen LogP contribution in [0.3, 0.4) is 0 Å². The fourth-order valence-corrected chi connectivity index (χ4v) is 1.47. The molecule has 0 radical (unpaired) electrons. The van der Waals surface area contributed by atoms with E-state index < -0.39 is 0 Å². The monoisotopic (exact) mass is 266 g/mol. The van der Waals surface area contributed by atoms with Gasteiger partial charge in [0.05, 0.1) is 6.20 Å². The second kappa shape index (κ2) is 4.44. The van der Waals surface area contributed by atoms with Crippen LogP contribution in [0.1, 0.15) is 5.56 Å². The van der Waals surface area contributed by atoms with E-state index in [1.807, 2.05) is 31.6 Å². The number of aromatic nitrogens is 3. The van der Waals surface area contributed by atoms with Crippen molar-refractivity contribution in [2.45, 2.75) is 6.54 Å². The minimum absolute atomic E-state index is 0.739. The topological polar surface area (TPSA) is 42.7 Å². The van der Waals surface area contributed by atoms with Gasteiger partial charge in [0.1, 0.15) is 5.82 Å². The van der Waals surface area contributed by atoms with Gasteiger partial charge in [-0.05, 0) is 28.1 Å². The van der Waals surface area contributed by atoms with Crippen molar-refractivity contribution in [3.8, 4) is 0 Å². The molecule has 2 aromatic heterocycles. The van der Waals surface area contributed by atoms with Crippen molar-refractivity contribution in [1.82, 2.24) is 14.8 Å². The molecule has 0 saturated carbocycles. The van der Waals surface area contributed by atoms with Crippen LogP contribution in [0.15, 0.2) is 35.2 Å². The molecular formula is C10H11BrN4. The van der Waals surface area contributed by atoms with Crippen molar-refractivity contribution < 1.29 is 0 Å². The largest absolute Gasteiger partial charge is 0.366 e. The minimum Gasteiger partial charge on any atom is -0.366 e. The maximum absolute atomic E-state index is 4.21. The zero-order valence-electron chi connectivity index (χ0n) is 8.31. The molecule has 2 aromatic rings. The van der Waals surface area contributed by atoms with Crippen molar-refractivity contribution in [1.29, 1.82) is 0 Å². The molecule has 0 aromatic carbocycles. The molecule has 0 amide bonds. The van der Waals surface area contributed by atoms with Crippen LogP contribution in [0.25, 0.3) is 0 Å². The summed E-state index contributed by atoms with van der Waals surface area (Å²) in [4.78, 5) is 4.21. The molecule has 0 unspecified atom stereocenters. The smallest absolute Gasteiger partial charge is 0.126 e. The van der Waals surface area contributed by atoms with E-state index in [0.29, 0.717) is 0 Å². The summed E-state index contributed by atoms with van der Waals surface area (Å²) >= 11 is 3.34. The van der Waals surface area contributed by atoms with E-state index in [-0.39, 0.29) is 0 Å². The molecule has 5 heteroatoms. The Morgan fingerprint density at radius 1 is 1.40 bits per heavy atom. The molecule has 4 nitrogen and oxygen atoms in total. The molecule has 78 valence electrons. The molecule has 2 rings (SSSR count). The van der Waals surface area contributed by atoms with Gasteiger partial charge in [-0.15, -0.1) is 0 Å². The molecule has 1 N–H and O–H groups in total. The van der Waals surface area contributed by atoms with Gasteiger partial charge >= 0.3 is 0 Å². The van der Waals surface area contributed by atoms with Crippen molar-refractivity contribution >= 4 is 21.7 Å². The van der Waals surface area contributed by atoms with Crippen LogP contribution in [0.4, 0.5) is 5.82 Å². The first-order valence-corrected chi connectivity index (χ1v) is 5.36. The third-order valence-corrected chi connectivity index (χ3v) is 2.43. The lowest BCUT2D eigenvalue weighted by molar-refractivity contribution is 0.767. The fraction of sp³-hybridized carbons (Fsp3) is 0.200. The molecule has 0 aliphatic carbocycles. The van der Waals surface area contributed by atoms with Crippen LogP contribution in [-0.2, 0) is 13.6 Å². The Balaban J connectivity index is 1.96. The molecule has 0 aliphatic rings. The summed E-state index contributed by atoms with van der Waals surface area (Å²) in [6, 6.07) is 3.89. The van der Waals surface area contributed by atoms with E-state index in [1.165, 1.54) is 0 Å². The van der Waals surface area contributed by atoms with Gasteiger partial charge in [-0.2, -0.15) is 5.10 Å². The molecule has 0 fully saturated rings. The molecule has 0 saturated heterocycles. The summed E-state index contributed by atoms with van der Waals surface area (Å²) in [6.07, 6.45) is 5.59. The van der Waals surface area contributed by atoms with Crippen LogP contribution in [0, 0.1) is 0 Å². The third kappa shape index (κ3) is 2.79. The average Bonchev–Trinajstić information content (AvgIpc) is 2.64. The Morgan fingerprint density at radius 3 is 2.87 bits per heavy atom. The SMILES string of the molecule is Cn1cc(CNc2ccc(Br)cn2)cn1. The van der Waals surface area contributed by atoms with Gasteiger partial charge in [0, 0.05) is 36.0 Å². The van der Waals surface area contributed by atoms with Crippen LogP contribution in [-0.4, -0.2) is 14.8 Å². The minimum atomic E-state index is 0.739. The van der Waals surface area contributed by atoms with E-state index in [4.69, 9.17) is 0 Å². The van der Waals surface area contributed by atoms with Crippen LogP contribution in [0.2, 0.25) is 0 Å². The Labute approximate surface area is 96.5 Å². The number of anilines is 1. The first kappa shape index (κ1) is 10.2. The lowest BCUT2D eigenvalue weighted by atomic mass is 10.3.